The van der Waals surface area contributed by atoms with E-state index >= 15 is 0 Å². The summed E-state index contributed by atoms with van der Waals surface area (Å²) in [6.45, 7) is 3.66. The van der Waals surface area contributed by atoms with Crippen LogP contribution in [0.15, 0.2) is 36.9 Å². The summed E-state index contributed by atoms with van der Waals surface area (Å²) in [5.74, 6) is 1.82. The number of anilines is 3. The highest BCUT2D eigenvalue weighted by atomic mass is 16.5. The van der Waals surface area contributed by atoms with Crippen molar-refractivity contribution >= 4 is 23.1 Å². The van der Waals surface area contributed by atoms with Crippen LogP contribution >= 0.6 is 0 Å². The molecule has 0 amide bonds. The summed E-state index contributed by atoms with van der Waals surface area (Å²) in [4.78, 5) is 15.3. The molecule has 1 aliphatic heterocycles. The Labute approximate surface area is 139 Å². The molecule has 1 aliphatic rings. The number of hydrogen-bond donors (Lipinski definition) is 2. The van der Waals surface area contributed by atoms with Gasteiger partial charge in [-0.3, -0.25) is 0 Å². The van der Waals surface area contributed by atoms with Crippen molar-refractivity contribution in [3.63, 3.8) is 0 Å². The SMILES string of the molecule is Nc1ncc(N2CCOCC2)nc1NCc1ccc2nccn2c1. The molecule has 3 aromatic heterocycles. The van der Waals surface area contributed by atoms with Crippen LogP contribution in [-0.2, 0) is 11.3 Å². The number of nitrogens with zero attached hydrogens (tertiary/aromatic N) is 5. The summed E-state index contributed by atoms with van der Waals surface area (Å²) >= 11 is 0. The van der Waals surface area contributed by atoms with Gasteiger partial charge in [0.2, 0.25) is 0 Å². The molecule has 24 heavy (non-hydrogen) atoms. The maximum Gasteiger partial charge on any atom is 0.171 e. The molecule has 0 aliphatic carbocycles. The first-order valence-electron chi connectivity index (χ1n) is 7.90. The Kier molecular flexibility index (Phi) is 3.87. The van der Waals surface area contributed by atoms with Crippen LogP contribution < -0.4 is 16.0 Å². The second-order valence-corrected chi connectivity index (χ2v) is 5.65. The van der Waals surface area contributed by atoms with Crippen LogP contribution in [0, 0.1) is 0 Å². The molecule has 4 heterocycles. The molecule has 0 saturated carbocycles. The monoisotopic (exact) mass is 325 g/mol. The number of rotatable bonds is 4. The van der Waals surface area contributed by atoms with Gasteiger partial charge in [0, 0.05) is 38.2 Å². The van der Waals surface area contributed by atoms with Gasteiger partial charge in [-0.15, -0.1) is 0 Å². The lowest BCUT2D eigenvalue weighted by molar-refractivity contribution is 0.122. The fraction of sp³-hybridized carbons (Fsp3) is 0.312. The first kappa shape index (κ1) is 14.7. The van der Waals surface area contributed by atoms with E-state index in [1.165, 1.54) is 0 Å². The number of ether oxygens (including phenoxy) is 1. The largest absolute Gasteiger partial charge is 0.381 e. The van der Waals surface area contributed by atoms with Gasteiger partial charge in [-0.25, -0.2) is 15.0 Å². The summed E-state index contributed by atoms with van der Waals surface area (Å²) in [7, 11) is 0. The van der Waals surface area contributed by atoms with E-state index in [0.29, 0.717) is 31.4 Å². The zero-order valence-electron chi connectivity index (χ0n) is 13.2. The average Bonchev–Trinajstić information content (AvgIpc) is 3.09. The van der Waals surface area contributed by atoms with E-state index in [1.54, 1.807) is 12.4 Å². The lowest BCUT2D eigenvalue weighted by Gasteiger charge is -2.27. The summed E-state index contributed by atoms with van der Waals surface area (Å²) in [6, 6.07) is 4.01. The fourth-order valence-electron chi connectivity index (χ4n) is 2.72. The molecule has 0 spiro atoms. The highest BCUT2D eigenvalue weighted by Gasteiger charge is 2.14. The number of nitrogen functional groups attached to an aromatic ring is 1. The van der Waals surface area contributed by atoms with Crippen molar-refractivity contribution in [1.82, 2.24) is 19.4 Å². The maximum absolute atomic E-state index is 5.96. The standard InChI is InChI=1S/C16H19N7O/c17-15-16(21-14(10-19-15)22-5-7-24-8-6-22)20-9-12-1-2-13-18-3-4-23(13)11-12/h1-4,10-11H,5-9H2,(H2,17,19)(H,20,21). The third-order valence-electron chi connectivity index (χ3n) is 4.03. The molecule has 0 atom stereocenters. The van der Waals surface area contributed by atoms with Gasteiger partial charge in [-0.05, 0) is 11.6 Å². The topological polar surface area (TPSA) is 93.6 Å². The zero-order valence-corrected chi connectivity index (χ0v) is 13.2. The van der Waals surface area contributed by atoms with Crippen molar-refractivity contribution in [3.05, 3.63) is 42.5 Å². The minimum absolute atomic E-state index is 0.399. The second-order valence-electron chi connectivity index (χ2n) is 5.65. The highest BCUT2D eigenvalue weighted by Crippen LogP contribution is 2.20. The van der Waals surface area contributed by atoms with E-state index in [1.807, 2.05) is 28.9 Å². The Hall–Kier alpha value is -2.87. The molecular weight excluding hydrogens is 306 g/mol. The summed E-state index contributed by atoms with van der Waals surface area (Å²) in [5.41, 5.74) is 8.00. The van der Waals surface area contributed by atoms with Crippen LogP contribution in [0.5, 0.6) is 0 Å². The van der Waals surface area contributed by atoms with E-state index in [9.17, 15) is 0 Å². The lowest BCUT2D eigenvalue weighted by atomic mass is 10.3. The average molecular weight is 325 g/mol. The van der Waals surface area contributed by atoms with Crippen molar-refractivity contribution in [2.45, 2.75) is 6.54 Å². The third-order valence-corrected chi connectivity index (χ3v) is 4.03. The number of fused-ring (bicyclic) bond motifs is 1. The summed E-state index contributed by atoms with van der Waals surface area (Å²) < 4.78 is 7.35. The molecule has 1 saturated heterocycles. The molecule has 0 bridgehead atoms. The van der Waals surface area contributed by atoms with Gasteiger partial charge < -0.3 is 25.1 Å². The van der Waals surface area contributed by atoms with Crippen LogP contribution in [-0.4, -0.2) is 45.7 Å². The van der Waals surface area contributed by atoms with Gasteiger partial charge in [0.05, 0.1) is 19.4 Å². The van der Waals surface area contributed by atoms with Crippen molar-refractivity contribution in [3.8, 4) is 0 Å². The van der Waals surface area contributed by atoms with Crippen LogP contribution in [0.4, 0.5) is 17.5 Å². The van der Waals surface area contributed by atoms with Gasteiger partial charge >= 0.3 is 0 Å². The van der Waals surface area contributed by atoms with Gasteiger partial charge in [0.1, 0.15) is 11.5 Å². The smallest absolute Gasteiger partial charge is 0.171 e. The molecule has 8 nitrogen and oxygen atoms in total. The molecule has 0 unspecified atom stereocenters. The second kappa shape index (κ2) is 6.32. The molecule has 3 N–H and O–H groups in total. The Balaban J connectivity index is 1.50. The summed E-state index contributed by atoms with van der Waals surface area (Å²) in [6.07, 6.45) is 7.45. The minimum atomic E-state index is 0.399. The van der Waals surface area contributed by atoms with Gasteiger partial charge in [0.15, 0.2) is 11.6 Å². The molecule has 0 radical (unpaired) electrons. The Bertz CT molecular complexity index is 841. The lowest BCUT2D eigenvalue weighted by Crippen LogP contribution is -2.37. The number of nitrogens with one attached hydrogen (secondary N) is 1. The number of hydrogen-bond acceptors (Lipinski definition) is 7. The molecule has 8 heteroatoms. The number of aromatic nitrogens is 4. The Morgan fingerprint density at radius 3 is 2.96 bits per heavy atom. The predicted molar refractivity (Wildman–Crippen MR) is 92.0 cm³/mol. The van der Waals surface area contributed by atoms with E-state index in [0.717, 1.165) is 30.1 Å². The first-order chi connectivity index (χ1) is 11.8. The quantitative estimate of drug-likeness (QED) is 0.743. The van der Waals surface area contributed by atoms with E-state index in [4.69, 9.17) is 10.5 Å². The Morgan fingerprint density at radius 2 is 2.08 bits per heavy atom. The number of pyridine rings is 1. The van der Waals surface area contributed by atoms with Crippen LogP contribution in [0.1, 0.15) is 5.56 Å². The number of morpholine rings is 1. The van der Waals surface area contributed by atoms with E-state index < -0.39 is 0 Å². The van der Waals surface area contributed by atoms with Gasteiger partial charge in [0.25, 0.3) is 0 Å². The highest BCUT2D eigenvalue weighted by molar-refractivity contribution is 5.59. The molecular formula is C16H19N7O. The molecule has 4 rings (SSSR count). The van der Waals surface area contributed by atoms with E-state index in [2.05, 4.69) is 25.2 Å². The fourth-order valence-corrected chi connectivity index (χ4v) is 2.72. The van der Waals surface area contributed by atoms with Crippen LogP contribution in [0.25, 0.3) is 5.65 Å². The summed E-state index contributed by atoms with van der Waals surface area (Å²) in [5, 5.41) is 3.28. The third kappa shape index (κ3) is 2.95. The van der Waals surface area contributed by atoms with Crippen molar-refractivity contribution in [2.24, 2.45) is 0 Å². The van der Waals surface area contributed by atoms with Crippen molar-refractivity contribution < 1.29 is 4.74 Å². The van der Waals surface area contributed by atoms with Crippen LogP contribution in [0.3, 0.4) is 0 Å². The van der Waals surface area contributed by atoms with E-state index in [-0.39, 0.29) is 0 Å². The molecule has 124 valence electrons. The Morgan fingerprint density at radius 1 is 1.21 bits per heavy atom. The molecule has 0 aromatic carbocycles. The van der Waals surface area contributed by atoms with Crippen molar-refractivity contribution in [1.29, 1.82) is 0 Å². The van der Waals surface area contributed by atoms with Gasteiger partial charge in [-0.1, -0.05) is 6.07 Å². The molecule has 1 fully saturated rings. The number of nitrogens with two attached hydrogens (primary N) is 1. The number of imidazole rings is 1. The zero-order chi connectivity index (χ0) is 16.4. The first-order valence-corrected chi connectivity index (χ1v) is 7.90. The van der Waals surface area contributed by atoms with Gasteiger partial charge in [-0.2, -0.15) is 0 Å². The maximum atomic E-state index is 5.96. The minimum Gasteiger partial charge on any atom is -0.381 e. The van der Waals surface area contributed by atoms with Crippen molar-refractivity contribution in [2.75, 3.05) is 42.3 Å². The van der Waals surface area contributed by atoms with Crippen LogP contribution in [0.2, 0.25) is 0 Å². The molecule has 3 aromatic rings. The predicted octanol–water partition coefficient (Wildman–Crippen LogP) is 1.16. The normalized spacial score (nSPS) is 14.9.